The molecule has 1 saturated heterocycles. The lowest BCUT2D eigenvalue weighted by Crippen LogP contribution is -2.66. The lowest BCUT2D eigenvalue weighted by Gasteiger charge is -2.46. The Morgan fingerprint density at radius 1 is 1.52 bits per heavy atom. The molecule has 0 saturated carbocycles. The first-order valence-electron chi connectivity index (χ1n) is 7.95. The first kappa shape index (κ1) is 20.3. The molecule has 0 spiro atoms. The summed E-state index contributed by atoms with van der Waals surface area (Å²) in [5.74, 6) is -3.48. The molecule has 0 aromatic rings. The van der Waals surface area contributed by atoms with E-state index in [1.165, 1.54) is 7.05 Å². The topological polar surface area (TPSA) is 128 Å². The molecule has 138 valence electrons. The molecule has 0 radical (unpaired) electrons. The summed E-state index contributed by atoms with van der Waals surface area (Å²) in [6.07, 6.45) is -5.71. The molecule has 0 aromatic heterocycles. The molecule has 0 aliphatic carbocycles. The average Bonchev–Trinajstić information content (AvgIpc) is 2.50. The molecule has 1 aliphatic heterocycles. The molecule has 6 unspecified atom stereocenters. The van der Waals surface area contributed by atoms with Gasteiger partial charge in [0.25, 0.3) is 5.79 Å². The van der Waals surface area contributed by atoms with E-state index in [9.17, 15) is 25.2 Å². The predicted octanol–water partition coefficient (Wildman–Crippen LogP) is -0.444. The van der Waals surface area contributed by atoms with Gasteiger partial charge in [0.15, 0.2) is 0 Å². The third-order valence-corrected chi connectivity index (χ3v) is 3.61. The van der Waals surface area contributed by atoms with Crippen LogP contribution in [0.1, 0.15) is 36.0 Å². The molecule has 0 amide bonds. The monoisotopic (exact) mass is 338 g/mol. The van der Waals surface area contributed by atoms with Gasteiger partial charge in [0.1, 0.15) is 12.2 Å². The number of hydrogen-bond acceptors (Lipinski definition) is 7. The van der Waals surface area contributed by atoms with E-state index >= 15 is 0 Å². The van der Waals surface area contributed by atoms with Crippen molar-refractivity contribution in [1.82, 2.24) is 5.32 Å². The van der Waals surface area contributed by atoms with Crippen molar-refractivity contribution in [1.29, 1.82) is 0 Å². The Morgan fingerprint density at radius 3 is 2.57 bits per heavy atom. The number of aliphatic carboxylic acids is 1. The summed E-state index contributed by atoms with van der Waals surface area (Å²) in [6, 6.07) is -0.804. The number of carboxylic acid groups (broad SMARTS) is 1. The van der Waals surface area contributed by atoms with Gasteiger partial charge in [-0.25, -0.2) is 4.79 Å². The van der Waals surface area contributed by atoms with Crippen molar-refractivity contribution in [2.24, 2.45) is 5.92 Å². The minimum atomic E-state index is -2.11. The minimum Gasteiger partial charge on any atom is -0.477 e. The Kier molecular flexibility index (Phi) is 7.85. The van der Waals surface area contributed by atoms with Crippen molar-refractivity contribution in [2.75, 3.05) is 13.7 Å². The second kappa shape index (κ2) is 8.91. The molecule has 0 aromatic carbocycles. The van der Waals surface area contributed by atoms with E-state index in [0.717, 1.165) is 0 Å². The van der Waals surface area contributed by atoms with Gasteiger partial charge in [0.2, 0.25) is 0 Å². The van der Waals surface area contributed by atoms with Gasteiger partial charge in [-0.3, -0.25) is 0 Å². The normalized spacial score (nSPS) is 34.4. The summed E-state index contributed by atoms with van der Waals surface area (Å²) >= 11 is 0. The first-order valence-corrected chi connectivity index (χ1v) is 7.24. The van der Waals surface area contributed by atoms with Crippen LogP contribution in [0.15, 0.2) is 0 Å². The van der Waals surface area contributed by atoms with E-state index in [0.29, 0.717) is 0 Å². The zero-order valence-electron chi connectivity index (χ0n) is 14.1. The van der Waals surface area contributed by atoms with Crippen LogP contribution in [0.2, 0.25) is 0 Å². The number of aliphatic hydroxyl groups excluding tert-OH is 3. The zero-order valence-corrected chi connectivity index (χ0v) is 13.1. The maximum atomic E-state index is 11.7. The maximum Gasteiger partial charge on any atom is 0.364 e. The summed E-state index contributed by atoms with van der Waals surface area (Å²) in [5.41, 5.74) is 0. The fraction of sp³-hybridized carbons (Fsp3) is 0.933. The van der Waals surface area contributed by atoms with E-state index in [4.69, 9.17) is 10.8 Å². The molecular formula is C15H31NO7. The van der Waals surface area contributed by atoms with Crippen molar-refractivity contribution in [3.63, 3.8) is 0 Å². The number of aliphatic hydroxyl groups is 3. The SMILES string of the molecule is C.[2H]CC(O)C(O)C1OC(OCC(C)C)(C(=O)O)CC(O)C1NC. The Labute approximate surface area is 138 Å². The van der Waals surface area contributed by atoms with Gasteiger partial charge in [0.05, 0.1) is 24.9 Å². The van der Waals surface area contributed by atoms with E-state index < -0.39 is 49.1 Å². The summed E-state index contributed by atoms with van der Waals surface area (Å²) in [5, 5.41) is 42.4. The van der Waals surface area contributed by atoms with Crippen molar-refractivity contribution < 1.29 is 36.1 Å². The number of carbonyl (C=O) groups is 1. The van der Waals surface area contributed by atoms with Crippen molar-refractivity contribution in [3.8, 4) is 0 Å². The lowest BCUT2D eigenvalue weighted by molar-refractivity contribution is -0.312. The van der Waals surface area contributed by atoms with Gasteiger partial charge in [-0.05, 0) is 19.9 Å². The molecular weight excluding hydrogens is 306 g/mol. The molecule has 6 atom stereocenters. The highest BCUT2D eigenvalue weighted by Crippen LogP contribution is 2.33. The van der Waals surface area contributed by atoms with Gasteiger partial charge in [-0.15, -0.1) is 0 Å². The molecule has 23 heavy (non-hydrogen) atoms. The number of rotatable bonds is 7. The number of carboxylic acids is 1. The zero-order chi connectivity index (χ0) is 17.8. The molecule has 8 nitrogen and oxygen atoms in total. The van der Waals surface area contributed by atoms with E-state index in [1.54, 1.807) is 0 Å². The largest absolute Gasteiger partial charge is 0.477 e. The van der Waals surface area contributed by atoms with Gasteiger partial charge >= 0.3 is 5.97 Å². The van der Waals surface area contributed by atoms with Gasteiger partial charge < -0.3 is 35.2 Å². The number of ether oxygens (including phenoxy) is 2. The van der Waals surface area contributed by atoms with Crippen LogP contribution in [0.3, 0.4) is 0 Å². The van der Waals surface area contributed by atoms with Crippen LogP contribution in [0, 0.1) is 5.92 Å². The van der Waals surface area contributed by atoms with Crippen LogP contribution >= 0.6 is 0 Å². The van der Waals surface area contributed by atoms with Crippen molar-refractivity contribution in [2.45, 2.75) is 70.8 Å². The lowest BCUT2D eigenvalue weighted by atomic mass is 9.89. The molecule has 5 N–H and O–H groups in total. The van der Waals surface area contributed by atoms with Crippen LogP contribution in [0.5, 0.6) is 0 Å². The van der Waals surface area contributed by atoms with E-state index in [2.05, 4.69) is 5.32 Å². The highest BCUT2D eigenvalue weighted by molar-refractivity contribution is 5.76. The van der Waals surface area contributed by atoms with Gasteiger partial charge in [-0.1, -0.05) is 21.3 Å². The molecule has 1 fully saturated rings. The summed E-state index contributed by atoms with van der Waals surface area (Å²) in [6.45, 7) is 3.27. The molecule has 1 heterocycles. The van der Waals surface area contributed by atoms with E-state index in [-0.39, 0.29) is 26.4 Å². The standard InChI is InChI=1S/C14H27NO7.CH4/c1-7(2)6-21-14(13(19)20)5-9(17)10(15-4)12(22-14)11(18)8(3)16;/h7-12,15-18H,5-6H2,1-4H3,(H,19,20);1H4/i3D;. The molecule has 8 heteroatoms. The van der Waals surface area contributed by atoms with Crippen LogP contribution < -0.4 is 5.32 Å². The molecule has 1 rings (SSSR count). The van der Waals surface area contributed by atoms with Gasteiger partial charge in [-0.2, -0.15) is 0 Å². The van der Waals surface area contributed by atoms with Crippen LogP contribution in [-0.2, 0) is 14.3 Å². The fourth-order valence-corrected chi connectivity index (χ4v) is 2.41. The predicted molar refractivity (Wildman–Crippen MR) is 83.9 cm³/mol. The number of likely N-dealkylation sites (N-methyl/N-ethyl adjacent to an activating group) is 1. The molecule has 1 aliphatic rings. The highest BCUT2D eigenvalue weighted by atomic mass is 16.7. The quantitative estimate of drug-likeness (QED) is 0.422. The smallest absolute Gasteiger partial charge is 0.364 e. The first-order chi connectivity index (χ1) is 10.7. The Morgan fingerprint density at radius 2 is 2.13 bits per heavy atom. The Hall–Kier alpha value is -0.770. The van der Waals surface area contributed by atoms with E-state index in [1.807, 2.05) is 13.8 Å². The number of nitrogens with one attached hydrogen (secondary N) is 1. The van der Waals surface area contributed by atoms with Crippen LogP contribution in [-0.4, -0.2) is 76.3 Å². The maximum absolute atomic E-state index is 11.7. The second-order valence-electron chi connectivity index (χ2n) is 5.99. The summed E-state index contributed by atoms with van der Waals surface area (Å²) < 4.78 is 18.1. The van der Waals surface area contributed by atoms with Gasteiger partial charge in [0, 0.05) is 7.79 Å². The van der Waals surface area contributed by atoms with Crippen LogP contribution in [0.4, 0.5) is 0 Å². The minimum absolute atomic E-state index is 0. The van der Waals surface area contributed by atoms with Crippen molar-refractivity contribution >= 4 is 5.97 Å². The third kappa shape index (κ3) is 5.10. The summed E-state index contributed by atoms with van der Waals surface area (Å²) in [4.78, 5) is 11.7. The molecule has 0 bridgehead atoms. The average molecular weight is 338 g/mol. The third-order valence-electron chi connectivity index (χ3n) is 3.61. The Balaban J connectivity index is 0.00000529. The highest BCUT2D eigenvalue weighted by Gasteiger charge is 2.54. The number of hydrogen-bond donors (Lipinski definition) is 5. The summed E-state index contributed by atoms with van der Waals surface area (Å²) in [7, 11) is 1.52. The van der Waals surface area contributed by atoms with Crippen molar-refractivity contribution in [3.05, 3.63) is 0 Å². The van der Waals surface area contributed by atoms with Crippen LogP contribution in [0.25, 0.3) is 0 Å². The second-order valence-corrected chi connectivity index (χ2v) is 5.99. The Bertz CT molecular complexity index is 398. The fourth-order valence-electron chi connectivity index (χ4n) is 2.41.